The van der Waals surface area contributed by atoms with Gasteiger partial charge in [0.1, 0.15) is 12.6 Å². The van der Waals surface area contributed by atoms with Crippen molar-refractivity contribution in [2.24, 2.45) is 0 Å². The second-order valence-electron chi connectivity index (χ2n) is 2.17. The van der Waals surface area contributed by atoms with E-state index in [4.69, 9.17) is 4.74 Å². The molecule has 0 spiro atoms. The summed E-state index contributed by atoms with van der Waals surface area (Å²) >= 11 is 0. The number of rotatable bonds is 2. The van der Waals surface area contributed by atoms with E-state index in [1.54, 1.807) is 0 Å². The minimum atomic E-state index is -0.355. The van der Waals surface area contributed by atoms with Crippen LogP contribution in [0.3, 0.4) is 0 Å². The smallest absolute Gasteiger partial charge is 0.323 e. The second-order valence-corrected chi connectivity index (χ2v) is 2.17. The summed E-state index contributed by atoms with van der Waals surface area (Å²) in [6, 6.07) is -0.355. The summed E-state index contributed by atoms with van der Waals surface area (Å²) in [6.07, 6.45) is 0.332. The molecule has 1 fully saturated rings. The van der Waals surface area contributed by atoms with Gasteiger partial charge in [-0.25, -0.2) is 5.11 Å². The Morgan fingerprint density at radius 3 is 3.10 bits per heavy atom. The van der Waals surface area contributed by atoms with Crippen molar-refractivity contribution in [1.82, 2.24) is 5.32 Å². The highest BCUT2D eigenvalue weighted by Crippen LogP contribution is 1.98. The van der Waals surface area contributed by atoms with Crippen LogP contribution in [0.1, 0.15) is 6.42 Å². The van der Waals surface area contributed by atoms with Gasteiger partial charge in [-0.15, -0.1) is 0 Å². The maximum Gasteiger partial charge on any atom is 0.323 e. The van der Waals surface area contributed by atoms with Crippen LogP contribution >= 0.6 is 0 Å². The Balaban J connectivity index is 2.32. The van der Waals surface area contributed by atoms with E-state index in [1.165, 1.54) is 0 Å². The van der Waals surface area contributed by atoms with Gasteiger partial charge < -0.3 is 10.1 Å². The summed E-state index contributed by atoms with van der Waals surface area (Å²) in [5.74, 6) is -0.290. The average Bonchev–Trinajstić information content (AvgIpc) is 1.94. The van der Waals surface area contributed by atoms with Gasteiger partial charge in [0.25, 0.3) is 0 Å². The highest BCUT2D eigenvalue weighted by molar-refractivity contribution is 5.76. The molecule has 0 saturated carbocycles. The molecule has 0 aromatic heterocycles. The van der Waals surface area contributed by atoms with Gasteiger partial charge >= 0.3 is 5.97 Å². The molecule has 1 N–H and O–H groups in total. The molecule has 0 amide bonds. The molecule has 10 heavy (non-hydrogen) atoms. The van der Waals surface area contributed by atoms with Crippen LogP contribution in [-0.2, 0) is 14.6 Å². The number of hydrogen-bond acceptors (Lipinski definition) is 3. The Hall–Kier alpha value is -0.610. The first-order chi connectivity index (χ1) is 4.84. The lowest BCUT2D eigenvalue weighted by Gasteiger charge is -2.21. The molecule has 1 atom stereocenters. The Morgan fingerprint density at radius 1 is 1.70 bits per heavy atom. The van der Waals surface area contributed by atoms with E-state index < -0.39 is 0 Å². The predicted molar refractivity (Wildman–Crippen MR) is 32.9 cm³/mol. The number of morpholine rings is 1. The van der Waals surface area contributed by atoms with Gasteiger partial charge in [-0.2, -0.15) is 0 Å². The van der Waals surface area contributed by atoms with Crippen LogP contribution in [0.15, 0.2) is 0 Å². The lowest BCUT2D eigenvalue weighted by Crippen LogP contribution is -2.45. The van der Waals surface area contributed by atoms with E-state index in [1.807, 2.05) is 0 Å². The SMILES string of the molecule is [O]CCC1NCCOC1=O. The van der Waals surface area contributed by atoms with Crippen molar-refractivity contribution in [3.63, 3.8) is 0 Å². The quantitative estimate of drug-likeness (QED) is 0.522. The lowest BCUT2D eigenvalue weighted by atomic mass is 10.2. The van der Waals surface area contributed by atoms with E-state index in [2.05, 4.69) is 5.32 Å². The fourth-order valence-corrected chi connectivity index (χ4v) is 0.906. The highest BCUT2D eigenvalue weighted by Gasteiger charge is 2.22. The largest absolute Gasteiger partial charge is 0.463 e. The highest BCUT2D eigenvalue weighted by atomic mass is 16.5. The van der Waals surface area contributed by atoms with Crippen LogP contribution in [0.4, 0.5) is 0 Å². The Kier molecular flexibility index (Phi) is 2.65. The zero-order chi connectivity index (χ0) is 7.40. The van der Waals surface area contributed by atoms with Gasteiger partial charge in [0.15, 0.2) is 0 Å². The zero-order valence-electron chi connectivity index (χ0n) is 5.63. The van der Waals surface area contributed by atoms with Gasteiger partial charge in [0.2, 0.25) is 0 Å². The molecule has 0 bridgehead atoms. The van der Waals surface area contributed by atoms with Gasteiger partial charge in [0, 0.05) is 6.54 Å². The van der Waals surface area contributed by atoms with Crippen molar-refractivity contribution in [2.75, 3.05) is 19.8 Å². The summed E-state index contributed by atoms with van der Waals surface area (Å²) in [4.78, 5) is 10.8. The molecule has 1 aliphatic rings. The maximum absolute atomic E-state index is 10.8. The third kappa shape index (κ3) is 1.68. The van der Waals surface area contributed by atoms with Gasteiger partial charge in [-0.3, -0.25) is 4.79 Å². The molecule has 1 unspecified atom stereocenters. The molecule has 1 aliphatic heterocycles. The number of hydrogen-bond donors (Lipinski definition) is 1. The number of carbonyl (C=O) groups excluding carboxylic acids is 1. The fourth-order valence-electron chi connectivity index (χ4n) is 0.906. The normalized spacial score (nSPS) is 26.1. The fraction of sp³-hybridized carbons (Fsp3) is 0.833. The molecule has 0 aromatic rings. The standard InChI is InChI=1S/C6H10NO3/c8-3-1-5-6(9)10-4-2-7-5/h5,7H,1-4H2. The number of ether oxygens (including phenoxy) is 1. The molecule has 1 heterocycles. The van der Waals surface area contributed by atoms with Gasteiger partial charge in [0.05, 0.1) is 6.61 Å². The van der Waals surface area contributed by atoms with Crippen LogP contribution < -0.4 is 5.32 Å². The van der Waals surface area contributed by atoms with Crippen molar-refractivity contribution in [2.45, 2.75) is 12.5 Å². The molecule has 4 heteroatoms. The third-order valence-corrected chi connectivity index (χ3v) is 1.43. The van der Waals surface area contributed by atoms with Crippen molar-refractivity contribution >= 4 is 5.97 Å². The molecule has 1 radical (unpaired) electrons. The van der Waals surface area contributed by atoms with Gasteiger partial charge in [-0.1, -0.05) is 0 Å². The topological polar surface area (TPSA) is 58.2 Å². The molecule has 0 aliphatic carbocycles. The summed E-state index contributed by atoms with van der Waals surface area (Å²) in [5.41, 5.74) is 0. The molecule has 1 saturated heterocycles. The van der Waals surface area contributed by atoms with E-state index in [9.17, 15) is 9.90 Å². The first kappa shape index (κ1) is 7.50. The van der Waals surface area contributed by atoms with Gasteiger partial charge in [-0.05, 0) is 6.42 Å². The summed E-state index contributed by atoms with van der Waals surface area (Å²) in [5, 5.41) is 13.0. The Labute approximate surface area is 59.2 Å². The summed E-state index contributed by atoms with van der Waals surface area (Å²) in [6.45, 7) is 0.858. The van der Waals surface area contributed by atoms with E-state index in [0.717, 1.165) is 0 Å². The monoisotopic (exact) mass is 144 g/mol. The molecular weight excluding hydrogens is 134 g/mol. The van der Waals surface area contributed by atoms with E-state index in [-0.39, 0.29) is 18.6 Å². The zero-order valence-corrected chi connectivity index (χ0v) is 5.63. The first-order valence-corrected chi connectivity index (χ1v) is 3.32. The summed E-state index contributed by atoms with van der Waals surface area (Å²) in [7, 11) is 0. The van der Waals surface area contributed by atoms with Crippen LogP contribution in [-0.4, -0.2) is 31.8 Å². The Morgan fingerprint density at radius 2 is 2.50 bits per heavy atom. The Bertz CT molecular complexity index is 124. The van der Waals surface area contributed by atoms with Crippen molar-refractivity contribution < 1.29 is 14.6 Å². The summed E-state index contributed by atoms with van der Waals surface area (Å²) < 4.78 is 4.70. The van der Waals surface area contributed by atoms with Crippen LogP contribution in [0.25, 0.3) is 0 Å². The van der Waals surface area contributed by atoms with Crippen LogP contribution in [0.5, 0.6) is 0 Å². The van der Waals surface area contributed by atoms with Crippen LogP contribution in [0, 0.1) is 0 Å². The first-order valence-electron chi connectivity index (χ1n) is 3.32. The van der Waals surface area contributed by atoms with Crippen LogP contribution in [0.2, 0.25) is 0 Å². The maximum atomic E-state index is 10.8. The molecular formula is C6H10NO3. The number of carbonyl (C=O) groups is 1. The molecule has 4 nitrogen and oxygen atoms in total. The molecule has 57 valence electrons. The van der Waals surface area contributed by atoms with Crippen molar-refractivity contribution in [3.8, 4) is 0 Å². The molecule has 0 aromatic carbocycles. The molecule has 1 rings (SSSR count). The number of cyclic esters (lactones) is 1. The van der Waals surface area contributed by atoms with E-state index in [0.29, 0.717) is 19.6 Å². The van der Waals surface area contributed by atoms with Crippen molar-refractivity contribution in [3.05, 3.63) is 0 Å². The third-order valence-electron chi connectivity index (χ3n) is 1.43. The van der Waals surface area contributed by atoms with E-state index >= 15 is 0 Å². The predicted octanol–water partition coefficient (Wildman–Crippen LogP) is -0.678. The minimum absolute atomic E-state index is 0.229. The lowest BCUT2D eigenvalue weighted by molar-refractivity contribution is -0.150. The minimum Gasteiger partial charge on any atom is -0.463 e. The number of esters is 1. The van der Waals surface area contributed by atoms with Crippen molar-refractivity contribution in [1.29, 1.82) is 0 Å². The number of nitrogens with one attached hydrogen (secondary N) is 1. The second kappa shape index (κ2) is 3.53. The average molecular weight is 144 g/mol.